The second kappa shape index (κ2) is 6.80. The van der Waals surface area contributed by atoms with E-state index in [9.17, 15) is 18.3 Å². The normalized spacial score (nSPS) is 13.6. The van der Waals surface area contributed by atoms with Crippen molar-refractivity contribution >= 4 is 5.69 Å². The molecule has 108 valence electrons. The summed E-state index contributed by atoms with van der Waals surface area (Å²) in [4.78, 5) is 0. The lowest BCUT2D eigenvalue weighted by atomic mass is 9.96. The zero-order valence-corrected chi connectivity index (χ0v) is 11.2. The molecule has 0 saturated heterocycles. The van der Waals surface area contributed by atoms with Gasteiger partial charge in [-0.05, 0) is 30.2 Å². The Morgan fingerprint density at radius 1 is 1.11 bits per heavy atom. The van der Waals surface area contributed by atoms with Crippen LogP contribution in [0.5, 0.6) is 0 Å². The molecule has 1 atom stereocenters. The van der Waals surface area contributed by atoms with Crippen LogP contribution in [0, 0.1) is 5.92 Å². The van der Waals surface area contributed by atoms with Crippen LogP contribution in [-0.4, -0.2) is 17.8 Å². The molecule has 0 aliphatic rings. The summed E-state index contributed by atoms with van der Waals surface area (Å²) in [6, 6.07) is 4.82. The van der Waals surface area contributed by atoms with Crippen molar-refractivity contribution in [2.45, 2.75) is 39.0 Å². The van der Waals surface area contributed by atoms with Crippen LogP contribution in [0.3, 0.4) is 0 Å². The number of aliphatic hydroxyl groups is 1. The highest BCUT2D eigenvalue weighted by atomic mass is 19.4. The van der Waals surface area contributed by atoms with Gasteiger partial charge in [-0.1, -0.05) is 26.7 Å². The average Bonchev–Trinajstić information content (AvgIpc) is 2.37. The summed E-state index contributed by atoms with van der Waals surface area (Å²) < 4.78 is 37.1. The van der Waals surface area contributed by atoms with Crippen LogP contribution in [0.1, 0.15) is 32.3 Å². The van der Waals surface area contributed by atoms with Crippen LogP contribution in [0.25, 0.3) is 0 Å². The summed E-state index contributed by atoms with van der Waals surface area (Å²) in [5.41, 5.74) is -0.0865. The Labute approximate surface area is 111 Å². The number of halogens is 3. The minimum absolute atomic E-state index is 0.210. The second-order valence-electron chi connectivity index (χ2n) is 4.60. The summed E-state index contributed by atoms with van der Waals surface area (Å²) >= 11 is 0. The maximum Gasteiger partial charge on any atom is 0.416 e. The van der Waals surface area contributed by atoms with Gasteiger partial charge >= 0.3 is 6.18 Å². The van der Waals surface area contributed by atoms with Crippen molar-refractivity contribution in [2.75, 3.05) is 11.9 Å². The molecule has 2 nitrogen and oxygen atoms in total. The molecule has 0 spiro atoms. The van der Waals surface area contributed by atoms with Gasteiger partial charge in [-0.2, -0.15) is 13.2 Å². The van der Waals surface area contributed by atoms with E-state index < -0.39 is 17.8 Å². The third-order valence-corrected chi connectivity index (χ3v) is 3.32. The average molecular weight is 275 g/mol. The van der Waals surface area contributed by atoms with E-state index >= 15 is 0 Å². The Hall–Kier alpha value is -1.23. The molecule has 0 amide bonds. The first-order valence-electron chi connectivity index (χ1n) is 6.47. The quantitative estimate of drug-likeness (QED) is 0.825. The third kappa shape index (κ3) is 4.74. The molecule has 1 aromatic rings. The fraction of sp³-hybridized carbons (Fsp3) is 0.571. The highest BCUT2D eigenvalue weighted by Gasteiger charge is 2.29. The first kappa shape index (κ1) is 15.8. The highest BCUT2D eigenvalue weighted by Crippen LogP contribution is 2.29. The predicted molar refractivity (Wildman–Crippen MR) is 70.0 cm³/mol. The summed E-state index contributed by atoms with van der Waals surface area (Å²) in [6.07, 6.45) is -3.04. The van der Waals surface area contributed by atoms with E-state index in [2.05, 4.69) is 5.32 Å². The number of aliphatic hydroxyl groups excluding tert-OH is 1. The predicted octanol–water partition coefficient (Wildman–Crippen LogP) is 3.91. The van der Waals surface area contributed by atoms with Crippen LogP contribution in [-0.2, 0) is 6.18 Å². The minimum atomic E-state index is -4.31. The lowest BCUT2D eigenvalue weighted by Crippen LogP contribution is -2.27. The van der Waals surface area contributed by atoms with Crippen molar-refractivity contribution in [1.82, 2.24) is 0 Å². The molecule has 0 heterocycles. The van der Waals surface area contributed by atoms with Gasteiger partial charge in [0.05, 0.1) is 11.7 Å². The number of hydrogen-bond acceptors (Lipinski definition) is 2. The van der Waals surface area contributed by atoms with Crippen molar-refractivity contribution in [2.24, 2.45) is 5.92 Å². The van der Waals surface area contributed by atoms with Gasteiger partial charge in [0.25, 0.3) is 0 Å². The molecule has 19 heavy (non-hydrogen) atoms. The van der Waals surface area contributed by atoms with Gasteiger partial charge < -0.3 is 10.4 Å². The second-order valence-corrected chi connectivity index (χ2v) is 4.60. The molecule has 0 aromatic heterocycles. The maximum absolute atomic E-state index is 12.4. The molecule has 1 aromatic carbocycles. The van der Waals surface area contributed by atoms with E-state index in [0.717, 1.165) is 25.0 Å². The first-order chi connectivity index (χ1) is 8.88. The maximum atomic E-state index is 12.4. The molecule has 0 saturated carbocycles. The van der Waals surface area contributed by atoms with E-state index in [4.69, 9.17) is 0 Å². The topological polar surface area (TPSA) is 32.3 Å². The number of alkyl halides is 3. The fourth-order valence-corrected chi connectivity index (χ4v) is 2.00. The molecule has 1 rings (SSSR count). The van der Waals surface area contributed by atoms with Crippen molar-refractivity contribution < 1.29 is 18.3 Å². The number of hydrogen-bond donors (Lipinski definition) is 2. The van der Waals surface area contributed by atoms with E-state index in [1.807, 2.05) is 13.8 Å². The third-order valence-electron chi connectivity index (χ3n) is 3.32. The van der Waals surface area contributed by atoms with Gasteiger partial charge in [-0.25, -0.2) is 0 Å². The molecular formula is C14H20F3NO. The van der Waals surface area contributed by atoms with Gasteiger partial charge in [0.15, 0.2) is 0 Å². The largest absolute Gasteiger partial charge is 0.416 e. The highest BCUT2D eigenvalue weighted by molar-refractivity contribution is 5.45. The Balaban J connectivity index is 2.55. The van der Waals surface area contributed by atoms with E-state index in [-0.39, 0.29) is 5.92 Å². The van der Waals surface area contributed by atoms with Crippen LogP contribution >= 0.6 is 0 Å². The smallest absolute Gasteiger partial charge is 0.391 e. The van der Waals surface area contributed by atoms with Crippen molar-refractivity contribution in [3.05, 3.63) is 29.8 Å². The van der Waals surface area contributed by atoms with E-state index in [0.29, 0.717) is 12.2 Å². The lowest BCUT2D eigenvalue weighted by molar-refractivity contribution is -0.137. The zero-order valence-electron chi connectivity index (χ0n) is 11.2. The Morgan fingerprint density at radius 2 is 1.63 bits per heavy atom. The van der Waals surface area contributed by atoms with Crippen molar-refractivity contribution in [3.63, 3.8) is 0 Å². The molecule has 0 radical (unpaired) electrons. The standard InChI is InChI=1S/C14H20F3NO/c1-3-10(4-2)13(19)9-18-12-7-5-11(6-8-12)14(15,16)17/h5-8,10,13,18-19H,3-4,9H2,1-2H3. The zero-order chi connectivity index (χ0) is 14.5. The van der Waals surface area contributed by atoms with Gasteiger partial charge in [-0.15, -0.1) is 0 Å². The number of benzene rings is 1. The summed E-state index contributed by atoms with van der Waals surface area (Å²) in [7, 11) is 0. The SMILES string of the molecule is CCC(CC)C(O)CNc1ccc(C(F)(F)F)cc1. The Morgan fingerprint density at radius 3 is 2.05 bits per heavy atom. The monoisotopic (exact) mass is 275 g/mol. The van der Waals surface area contributed by atoms with Crippen LogP contribution in [0.4, 0.5) is 18.9 Å². The Kier molecular flexibility index (Phi) is 5.66. The number of nitrogens with one attached hydrogen (secondary N) is 1. The number of anilines is 1. The van der Waals surface area contributed by atoms with Gasteiger partial charge in [-0.3, -0.25) is 0 Å². The first-order valence-corrected chi connectivity index (χ1v) is 6.47. The van der Waals surface area contributed by atoms with Crippen LogP contribution < -0.4 is 5.32 Å². The summed E-state index contributed by atoms with van der Waals surface area (Å²) in [5, 5.41) is 12.9. The number of rotatable bonds is 6. The minimum Gasteiger partial charge on any atom is -0.391 e. The molecule has 0 aliphatic heterocycles. The molecule has 1 unspecified atom stereocenters. The Bertz CT molecular complexity index is 371. The van der Waals surface area contributed by atoms with Crippen LogP contribution in [0.15, 0.2) is 24.3 Å². The van der Waals surface area contributed by atoms with Crippen molar-refractivity contribution in [3.8, 4) is 0 Å². The molecule has 0 fully saturated rings. The molecule has 0 bridgehead atoms. The van der Waals surface area contributed by atoms with Crippen LogP contribution in [0.2, 0.25) is 0 Å². The fourth-order valence-electron chi connectivity index (χ4n) is 2.00. The summed E-state index contributed by atoms with van der Waals surface area (Å²) in [5.74, 6) is 0.210. The van der Waals surface area contributed by atoms with Gasteiger partial charge in [0.2, 0.25) is 0 Å². The molecule has 0 aliphatic carbocycles. The van der Waals surface area contributed by atoms with E-state index in [1.165, 1.54) is 12.1 Å². The molecule has 2 N–H and O–H groups in total. The molecule has 5 heteroatoms. The lowest BCUT2D eigenvalue weighted by Gasteiger charge is -2.21. The van der Waals surface area contributed by atoms with Gasteiger partial charge in [0, 0.05) is 12.2 Å². The summed E-state index contributed by atoms with van der Waals surface area (Å²) in [6.45, 7) is 4.36. The van der Waals surface area contributed by atoms with E-state index in [1.54, 1.807) is 0 Å². The van der Waals surface area contributed by atoms with Crippen molar-refractivity contribution in [1.29, 1.82) is 0 Å². The van der Waals surface area contributed by atoms with Gasteiger partial charge in [0.1, 0.15) is 0 Å². The molecular weight excluding hydrogens is 255 g/mol.